The Balaban J connectivity index is 1.83. The van der Waals surface area contributed by atoms with Gasteiger partial charge in [0.05, 0.1) is 5.69 Å². The summed E-state index contributed by atoms with van der Waals surface area (Å²) in [6, 6.07) is 16.7. The molecule has 2 aromatic carbocycles. The quantitative estimate of drug-likeness (QED) is 0.738. The molecular weight excluding hydrogens is 326 g/mol. The fourth-order valence-electron chi connectivity index (χ4n) is 3.09. The minimum atomic E-state index is 0.361. The first-order valence-electron chi connectivity index (χ1n) is 6.91. The third kappa shape index (κ3) is 1.98. The minimum Gasteiger partial charge on any atom is -0.382 e. The molecule has 0 saturated carbocycles. The number of nitrogens with zero attached hydrogens (tertiary/aromatic N) is 1. The molecule has 0 radical (unpaired) electrons. The van der Waals surface area contributed by atoms with Crippen molar-refractivity contribution >= 4 is 21.7 Å². The molecular formula is C17H14BrN3. The van der Waals surface area contributed by atoms with Crippen LogP contribution < -0.4 is 5.73 Å². The summed E-state index contributed by atoms with van der Waals surface area (Å²) in [5.41, 5.74) is 12.1. The molecule has 0 bridgehead atoms. The zero-order valence-electron chi connectivity index (χ0n) is 11.3. The topological polar surface area (TPSA) is 54.7 Å². The molecule has 0 amide bonds. The van der Waals surface area contributed by atoms with Crippen molar-refractivity contribution in [3.8, 4) is 11.1 Å². The molecule has 0 spiro atoms. The summed E-state index contributed by atoms with van der Waals surface area (Å²) < 4.78 is 1.04. The number of benzene rings is 2. The molecule has 104 valence electrons. The highest BCUT2D eigenvalue weighted by atomic mass is 79.9. The lowest BCUT2D eigenvalue weighted by atomic mass is 9.74. The highest BCUT2D eigenvalue weighted by molar-refractivity contribution is 9.10. The number of anilines is 1. The first-order valence-corrected chi connectivity index (χ1v) is 7.71. The summed E-state index contributed by atoms with van der Waals surface area (Å²) in [6.07, 6.45) is 1.04. The lowest BCUT2D eigenvalue weighted by molar-refractivity contribution is 0.683. The van der Waals surface area contributed by atoms with Crippen LogP contribution in [-0.2, 0) is 6.42 Å². The van der Waals surface area contributed by atoms with Gasteiger partial charge in [-0.15, -0.1) is 0 Å². The lowest BCUT2D eigenvalue weighted by Gasteiger charge is -2.30. The van der Waals surface area contributed by atoms with E-state index in [1.807, 2.05) is 12.1 Å². The molecule has 4 rings (SSSR count). The molecule has 1 unspecified atom stereocenters. The zero-order chi connectivity index (χ0) is 14.4. The Hall–Kier alpha value is -2.07. The smallest absolute Gasteiger partial charge is 0.153 e. The highest BCUT2D eigenvalue weighted by Crippen LogP contribution is 2.44. The predicted octanol–water partition coefficient (Wildman–Crippen LogP) is 4.11. The maximum atomic E-state index is 6.10. The van der Waals surface area contributed by atoms with Crippen molar-refractivity contribution in [2.45, 2.75) is 12.3 Å². The lowest BCUT2D eigenvalue weighted by Crippen LogP contribution is -2.19. The van der Waals surface area contributed by atoms with E-state index in [4.69, 9.17) is 5.73 Å². The van der Waals surface area contributed by atoms with E-state index in [0.717, 1.165) is 27.7 Å². The van der Waals surface area contributed by atoms with Crippen molar-refractivity contribution in [3.05, 3.63) is 69.8 Å². The van der Waals surface area contributed by atoms with Crippen molar-refractivity contribution in [2.24, 2.45) is 0 Å². The van der Waals surface area contributed by atoms with Gasteiger partial charge >= 0.3 is 0 Å². The Kier molecular flexibility index (Phi) is 2.86. The Morgan fingerprint density at radius 2 is 2.00 bits per heavy atom. The van der Waals surface area contributed by atoms with E-state index in [2.05, 4.69) is 62.5 Å². The van der Waals surface area contributed by atoms with Gasteiger partial charge in [-0.3, -0.25) is 5.10 Å². The van der Waals surface area contributed by atoms with Gasteiger partial charge < -0.3 is 5.73 Å². The van der Waals surface area contributed by atoms with E-state index in [1.54, 1.807) is 0 Å². The monoisotopic (exact) mass is 339 g/mol. The van der Waals surface area contributed by atoms with Gasteiger partial charge in [0.25, 0.3) is 0 Å². The third-order valence-electron chi connectivity index (χ3n) is 4.14. The minimum absolute atomic E-state index is 0.361. The summed E-state index contributed by atoms with van der Waals surface area (Å²) in [7, 11) is 0. The third-order valence-corrected chi connectivity index (χ3v) is 4.63. The van der Waals surface area contributed by atoms with Crippen LogP contribution in [0, 0.1) is 0 Å². The molecule has 0 fully saturated rings. The molecule has 3 nitrogen and oxygen atoms in total. The number of hydrogen-bond donors (Lipinski definition) is 2. The molecule has 1 atom stereocenters. The summed E-state index contributed by atoms with van der Waals surface area (Å²) in [5, 5.41) is 7.38. The molecule has 0 aliphatic heterocycles. The summed E-state index contributed by atoms with van der Waals surface area (Å²) in [6.45, 7) is 0. The van der Waals surface area contributed by atoms with Gasteiger partial charge in [-0.25, -0.2) is 0 Å². The van der Waals surface area contributed by atoms with E-state index in [9.17, 15) is 0 Å². The summed E-state index contributed by atoms with van der Waals surface area (Å²) in [5.74, 6) is 0.924. The van der Waals surface area contributed by atoms with E-state index in [1.165, 1.54) is 11.1 Å². The average molecular weight is 340 g/mol. The van der Waals surface area contributed by atoms with Crippen LogP contribution in [0.15, 0.2) is 53.0 Å². The Morgan fingerprint density at radius 1 is 1.14 bits per heavy atom. The largest absolute Gasteiger partial charge is 0.382 e. The molecule has 3 aromatic rings. The number of aromatic nitrogens is 2. The van der Waals surface area contributed by atoms with Gasteiger partial charge in [0.2, 0.25) is 0 Å². The highest BCUT2D eigenvalue weighted by Gasteiger charge is 2.31. The van der Waals surface area contributed by atoms with Crippen LogP contribution in [-0.4, -0.2) is 10.2 Å². The van der Waals surface area contributed by atoms with Crippen molar-refractivity contribution in [1.29, 1.82) is 0 Å². The Bertz CT molecular complexity index is 822. The number of rotatable bonds is 2. The average Bonchev–Trinajstić information content (AvgIpc) is 2.82. The Morgan fingerprint density at radius 3 is 2.81 bits per heavy atom. The van der Waals surface area contributed by atoms with Gasteiger partial charge in [-0.1, -0.05) is 52.3 Å². The summed E-state index contributed by atoms with van der Waals surface area (Å²) in [4.78, 5) is 0. The van der Waals surface area contributed by atoms with Crippen molar-refractivity contribution in [3.63, 3.8) is 0 Å². The second-order valence-corrected chi connectivity index (χ2v) is 6.28. The number of nitrogens with one attached hydrogen (secondary N) is 1. The number of aromatic amines is 1. The SMILES string of the molecule is Nc1n[nH]c(C2Cc3ccccc32)c1-c1cccc(Br)c1. The van der Waals surface area contributed by atoms with Crippen molar-refractivity contribution in [1.82, 2.24) is 10.2 Å². The Labute approximate surface area is 131 Å². The predicted molar refractivity (Wildman–Crippen MR) is 88.1 cm³/mol. The van der Waals surface area contributed by atoms with Crippen LogP contribution in [0.4, 0.5) is 5.82 Å². The summed E-state index contributed by atoms with van der Waals surface area (Å²) >= 11 is 3.52. The fourth-order valence-corrected chi connectivity index (χ4v) is 3.49. The maximum Gasteiger partial charge on any atom is 0.153 e. The van der Waals surface area contributed by atoms with Gasteiger partial charge in [-0.2, -0.15) is 5.10 Å². The van der Waals surface area contributed by atoms with E-state index in [-0.39, 0.29) is 0 Å². The molecule has 4 heteroatoms. The number of fused-ring (bicyclic) bond motifs is 1. The molecule has 21 heavy (non-hydrogen) atoms. The first-order chi connectivity index (χ1) is 10.2. The molecule has 0 saturated heterocycles. The van der Waals surface area contributed by atoms with Crippen molar-refractivity contribution in [2.75, 3.05) is 5.73 Å². The first kappa shape index (κ1) is 12.7. The molecule has 1 aliphatic rings. The number of H-pyrrole nitrogens is 1. The zero-order valence-corrected chi connectivity index (χ0v) is 12.9. The molecule has 1 aliphatic carbocycles. The van der Waals surface area contributed by atoms with Crippen LogP contribution in [0.3, 0.4) is 0 Å². The van der Waals surface area contributed by atoms with E-state index >= 15 is 0 Å². The maximum absolute atomic E-state index is 6.10. The number of nitrogen functional groups attached to an aromatic ring is 1. The van der Waals surface area contributed by atoms with Gasteiger partial charge in [0.15, 0.2) is 5.82 Å². The van der Waals surface area contributed by atoms with Crippen LogP contribution in [0.25, 0.3) is 11.1 Å². The van der Waals surface area contributed by atoms with Crippen LogP contribution in [0.5, 0.6) is 0 Å². The number of nitrogens with two attached hydrogens (primary N) is 1. The second kappa shape index (κ2) is 4.74. The van der Waals surface area contributed by atoms with Crippen LogP contribution >= 0.6 is 15.9 Å². The van der Waals surface area contributed by atoms with Crippen LogP contribution in [0.1, 0.15) is 22.7 Å². The van der Waals surface area contributed by atoms with E-state index < -0.39 is 0 Å². The van der Waals surface area contributed by atoms with Gasteiger partial charge in [-0.05, 0) is 35.2 Å². The molecule has 1 aromatic heterocycles. The van der Waals surface area contributed by atoms with Crippen LogP contribution in [0.2, 0.25) is 0 Å². The molecule has 1 heterocycles. The van der Waals surface area contributed by atoms with Gasteiger partial charge in [0, 0.05) is 16.0 Å². The molecule has 3 N–H and O–H groups in total. The standard InChI is InChI=1S/C17H14BrN3/c18-12-6-3-5-11(8-12)15-16(20-21-17(15)19)14-9-10-4-1-2-7-13(10)14/h1-8,14H,9H2,(H3,19,20,21). The normalized spacial score (nSPS) is 16.3. The second-order valence-electron chi connectivity index (χ2n) is 5.36. The fraction of sp³-hybridized carbons (Fsp3) is 0.118. The van der Waals surface area contributed by atoms with E-state index in [0.29, 0.717) is 11.7 Å². The van der Waals surface area contributed by atoms with Gasteiger partial charge in [0.1, 0.15) is 0 Å². The van der Waals surface area contributed by atoms with Crippen molar-refractivity contribution < 1.29 is 0 Å². The number of halogens is 1. The number of hydrogen-bond acceptors (Lipinski definition) is 2.